The Hall–Kier alpha value is -2.11. The molecule has 6 heteroatoms. The van der Waals surface area contributed by atoms with E-state index in [-0.39, 0.29) is 24.2 Å². The van der Waals surface area contributed by atoms with Crippen molar-refractivity contribution in [2.75, 3.05) is 20.2 Å². The molecule has 1 aromatic rings. The molecule has 2 rings (SSSR count). The fourth-order valence-corrected chi connectivity index (χ4v) is 2.24. The molecule has 2 heterocycles. The second kappa shape index (κ2) is 5.69. The maximum absolute atomic E-state index is 12.1. The molecule has 1 fully saturated rings. The molecule has 0 saturated carbocycles. The standard InChI is InChI=1S/C13H17N3O3/c1-19-11-2-4-15-7-10(11)6-12(17)16-5-3-9(8-16)13(14)18/h2,4,7,9H,3,5-6,8H2,1H3,(H2,14,18)/t9-/m0/s1. The fourth-order valence-electron chi connectivity index (χ4n) is 2.24. The Kier molecular flexibility index (Phi) is 3.99. The number of aromatic nitrogens is 1. The van der Waals surface area contributed by atoms with Crippen molar-refractivity contribution in [2.24, 2.45) is 11.7 Å². The average Bonchev–Trinajstić information content (AvgIpc) is 2.89. The van der Waals surface area contributed by atoms with Crippen LogP contribution in [0.15, 0.2) is 18.5 Å². The summed E-state index contributed by atoms with van der Waals surface area (Å²) in [5.41, 5.74) is 6.00. The second-order valence-electron chi connectivity index (χ2n) is 4.59. The molecule has 102 valence electrons. The number of amides is 2. The minimum atomic E-state index is -0.339. The van der Waals surface area contributed by atoms with Crippen LogP contribution in [0.1, 0.15) is 12.0 Å². The number of rotatable bonds is 4. The van der Waals surface area contributed by atoms with Gasteiger partial charge in [-0.15, -0.1) is 0 Å². The Balaban J connectivity index is 2.00. The third kappa shape index (κ3) is 3.01. The van der Waals surface area contributed by atoms with E-state index in [4.69, 9.17) is 10.5 Å². The molecule has 1 aliphatic heterocycles. The van der Waals surface area contributed by atoms with E-state index in [0.717, 1.165) is 5.56 Å². The van der Waals surface area contributed by atoms with E-state index in [1.807, 2.05) is 0 Å². The molecule has 1 saturated heterocycles. The number of likely N-dealkylation sites (tertiary alicyclic amines) is 1. The molecule has 0 spiro atoms. The molecule has 2 amide bonds. The molecule has 1 aliphatic rings. The van der Waals surface area contributed by atoms with E-state index in [1.165, 1.54) is 0 Å². The lowest BCUT2D eigenvalue weighted by atomic mass is 10.1. The lowest BCUT2D eigenvalue weighted by Gasteiger charge is -2.16. The SMILES string of the molecule is COc1ccncc1CC(=O)N1CC[C@H](C(N)=O)C1. The Bertz CT molecular complexity index is 490. The number of nitrogens with two attached hydrogens (primary N) is 1. The summed E-state index contributed by atoms with van der Waals surface area (Å²) in [5, 5.41) is 0. The largest absolute Gasteiger partial charge is 0.496 e. The van der Waals surface area contributed by atoms with Gasteiger partial charge in [0.05, 0.1) is 19.4 Å². The van der Waals surface area contributed by atoms with E-state index < -0.39 is 0 Å². The predicted octanol–water partition coefficient (Wildman–Crippen LogP) is -0.0335. The van der Waals surface area contributed by atoms with Gasteiger partial charge in [-0.2, -0.15) is 0 Å². The van der Waals surface area contributed by atoms with Crippen molar-refractivity contribution in [1.82, 2.24) is 9.88 Å². The number of hydrogen-bond acceptors (Lipinski definition) is 4. The first kappa shape index (κ1) is 13.3. The van der Waals surface area contributed by atoms with Gasteiger partial charge in [0, 0.05) is 31.0 Å². The average molecular weight is 263 g/mol. The number of carbonyl (C=O) groups is 2. The molecule has 0 unspecified atom stereocenters. The van der Waals surface area contributed by atoms with Crippen molar-refractivity contribution < 1.29 is 14.3 Å². The topological polar surface area (TPSA) is 85.5 Å². The van der Waals surface area contributed by atoms with Crippen LogP contribution in [0, 0.1) is 5.92 Å². The number of hydrogen-bond donors (Lipinski definition) is 1. The van der Waals surface area contributed by atoms with Crippen LogP contribution in [0.4, 0.5) is 0 Å². The van der Waals surface area contributed by atoms with E-state index >= 15 is 0 Å². The van der Waals surface area contributed by atoms with Gasteiger partial charge in [0.1, 0.15) is 5.75 Å². The van der Waals surface area contributed by atoms with Gasteiger partial charge in [-0.25, -0.2) is 0 Å². The van der Waals surface area contributed by atoms with Crippen molar-refractivity contribution >= 4 is 11.8 Å². The quantitative estimate of drug-likeness (QED) is 0.826. The highest BCUT2D eigenvalue weighted by Gasteiger charge is 2.29. The molecule has 1 atom stereocenters. The van der Waals surface area contributed by atoms with Gasteiger partial charge >= 0.3 is 0 Å². The fraction of sp³-hybridized carbons (Fsp3) is 0.462. The summed E-state index contributed by atoms with van der Waals surface area (Å²) in [6.45, 7) is 0.992. The van der Waals surface area contributed by atoms with Crippen LogP contribution < -0.4 is 10.5 Å². The Morgan fingerprint density at radius 1 is 1.58 bits per heavy atom. The second-order valence-corrected chi connectivity index (χ2v) is 4.59. The number of carbonyl (C=O) groups excluding carboxylic acids is 2. The minimum absolute atomic E-state index is 0.0324. The van der Waals surface area contributed by atoms with Gasteiger partial charge in [0.25, 0.3) is 0 Å². The van der Waals surface area contributed by atoms with Gasteiger partial charge in [-0.3, -0.25) is 14.6 Å². The third-order valence-electron chi connectivity index (χ3n) is 3.36. The van der Waals surface area contributed by atoms with Crippen molar-refractivity contribution in [1.29, 1.82) is 0 Å². The molecule has 0 aromatic carbocycles. The van der Waals surface area contributed by atoms with Crippen LogP contribution in [-0.2, 0) is 16.0 Å². The third-order valence-corrected chi connectivity index (χ3v) is 3.36. The Morgan fingerprint density at radius 2 is 2.37 bits per heavy atom. The van der Waals surface area contributed by atoms with Crippen molar-refractivity contribution in [3.63, 3.8) is 0 Å². The maximum Gasteiger partial charge on any atom is 0.227 e. The van der Waals surface area contributed by atoms with Crippen LogP contribution in [0.5, 0.6) is 5.75 Å². The van der Waals surface area contributed by atoms with E-state index in [1.54, 1.807) is 30.5 Å². The Labute approximate surface area is 111 Å². The molecule has 0 bridgehead atoms. The normalized spacial score (nSPS) is 18.4. The number of pyridine rings is 1. The molecular weight excluding hydrogens is 246 g/mol. The van der Waals surface area contributed by atoms with Gasteiger partial charge in [0.2, 0.25) is 11.8 Å². The van der Waals surface area contributed by atoms with Crippen LogP contribution in [-0.4, -0.2) is 41.9 Å². The molecule has 0 radical (unpaired) electrons. The van der Waals surface area contributed by atoms with Crippen LogP contribution in [0.3, 0.4) is 0 Å². The lowest BCUT2D eigenvalue weighted by molar-refractivity contribution is -0.129. The van der Waals surface area contributed by atoms with Gasteiger partial charge < -0.3 is 15.4 Å². The van der Waals surface area contributed by atoms with E-state index in [0.29, 0.717) is 25.3 Å². The van der Waals surface area contributed by atoms with Crippen molar-refractivity contribution in [2.45, 2.75) is 12.8 Å². The Morgan fingerprint density at radius 3 is 3.00 bits per heavy atom. The molecule has 1 aromatic heterocycles. The first-order chi connectivity index (χ1) is 9.11. The van der Waals surface area contributed by atoms with E-state index in [2.05, 4.69) is 4.98 Å². The van der Waals surface area contributed by atoms with Crippen molar-refractivity contribution in [3.8, 4) is 5.75 Å². The predicted molar refractivity (Wildman–Crippen MR) is 68.4 cm³/mol. The molecule has 19 heavy (non-hydrogen) atoms. The molecule has 6 nitrogen and oxygen atoms in total. The highest BCUT2D eigenvalue weighted by molar-refractivity contribution is 5.82. The zero-order chi connectivity index (χ0) is 13.8. The molecule has 0 aliphatic carbocycles. The number of ether oxygens (including phenoxy) is 1. The van der Waals surface area contributed by atoms with E-state index in [9.17, 15) is 9.59 Å². The van der Waals surface area contributed by atoms with Crippen LogP contribution in [0.2, 0.25) is 0 Å². The summed E-state index contributed by atoms with van der Waals surface area (Å²) in [6, 6.07) is 1.72. The zero-order valence-electron chi connectivity index (χ0n) is 10.8. The van der Waals surface area contributed by atoms with Gasteiger partial charge in [-0.1, -0.05) is 0 Å². The molecule has 2 N–H and O–H groups in total. The summed E-state index contributed by atoms with van der Waals surface area (Å²) in [6.07, 6.45) is 4.11. The maximum atomic E-state index is 12.1. The summed E-state index contributed by atoms with van der Waals surface area (Å²) < 4.78 is 5.18. The van der Waals surface area contributed by atoms with Crippen molar-refractivity contribution in [3.05, 3.63) is 24.0 Å². The van der Waals surface area contributed by atoms with Crippen LogP contribution in [0.25, 0.3) is 0 Å². The summed E-state index contributed by atoms with van der Waals surface area (Å²) in [4.78, 5) is 28.9. The van der Waals surface area contributed by atoms with Gasteiger partial charge in [0.15, 0.2) is 0 Å². The highest BCUT2D eigenvalue weighted by Crippen LogP contribution is 2.20. The lowest BCUT2D eigenvalue weighted by Crippen LogP contribution is -2.32. The number of nitrogens with zero attached hydrogens (tertiary/aromatic N) is 2. The summed E-state index contributed by atoms with van der Waals surface area (Å²) in [7, 11) is 1.56. The summed E-state index contributed by atoms with van der Waals surface area (Å²) in [5.74, 6) is 0.0538. The number of methoxy groups -OCH3 is 1. The minimum Gasteiger partial charge on any atom is -0.496 e. The monoisotopic (exact) mass is 263 g/mol. The first-order valence-corrected chi connectivity index (χ1v) is 6.15. The summed E-state index contributed by atoms with van der Waals surface area (Å²) >= 11 is 0. The zero-order valence-corrected chi connectivity index (χ0v) is 10.8. The highest BCUT2D eigenvalue weighted by atomic mass is 16.5. The molecular formula is C13H17N3O3. The number of primary amides is 1. The van der Waals surface area contributed by atoms with Gasteiger partial charge in [-0.05, 0) is 12.5 Å². The smallest absolute Gasteiger partial charge is 0.227 e. The van der Waals surface area contributed by atoms with Crippen LogP contribution >= 0.6 is 0 Å². The first-order valence-electron chi connectivity index (χ1n) is 6.15.